The first-order valence-corrected chi connectivity index (χ1v) is 10.1. The molecule has 30 heavy (non-hydrogen) atoms. The predicted molar refractivity (Wildman–Crippen MR) is 112 cm³/mol. The molecule has 2 aliphatic rings. The molecule has 0 saturated carbocycles. The summed E-state index contributed by atoms with van der Waals surface area (Å²) < 4.78 is 6.28. The zero-order chi connectivity index (χ0) is 21.3. The summed E-state index contributed by atoms with van der Waals surface area (Å²) in [5.41, 5.74) is 1.04. The monoisotopic (exact) mass is 471 g/mol. The van der Waals surface area contributed by atoms with E-state index >= 15 is 0 Å². The lowest BCUT2D eigenvalue weighted by Crippen LogP contribution is -2.43. The Morgan fingerprint density at radius 2 is 1.80 bits per heavy atom. The van der Waals surface area contributed by atoms with Crippen molar-refractivity contribution in [3.8, 4) is 5.75 Å². The number of rotatable bonds is 6. The topological polar surface area (TPSA) is 104 Å². The standard InChI is InChI=1S/C20H18BrN5O4/c1-2-30-15-9-7-14(8-10-15)26-19(28)17-18(20(26)29)25(24-23-17)11-16(27)22-13-5-3-12(21)4-6-13/h3-10,17-18H,2,11H2,1H3,(H,22,27)/t17-,18+/m1/s1. The number of halogens is 1. The molecule has 1 saturated heterocycles. The van der Waals surface area contributed by atoms with Crippen LogP contribution in [0.3, 0.4) is 0 Å². The van der Waals surface area contributed by atoms with E-state index in [1.807, 2.05) is 6.92 Å². The molecule has 9 nitrogen and oxygen atoms in total. The van der Waals surface area contributed by atoms with E-state index in [2.05, 4.69) is 31.6 Å². The van der Waals surface area contributed by atoms with Gasteiger partial charge in [-0.05, 0) is 55.5 Å². The van der Waals surface area contributed by atoms with Gasteiger partial charge in [-0.25, -0.2) is 4.90 Å². The predicted octanol–water partition coefficient (Wildman–Crippen LogP) is 2.78. The van der Waals surface area contributed by atoms with E-state index in [4.69, 9.17) is 4.74 Å². The van der Waals surface area contributed by atoms with Crippen LogP contribution in [0.2, 0.25) is 0 Å². The maximum atomic E-state index is 13.0. The smallest absolute Gasteiger partial charge is 0.263 e. The van der Waals surface area contributed by atoms with E-state index in [0.29, 0.717) is 23.7 Å². The molecule has 0 spiro atoms. The number of hydrogen-bond donors (Lipinski definition) is 1. The first kappa shape index (κ1) is 20.0. The summed E-state index contributed by atoms with van der Waals surface area (Å²) in [6, 6.07) is 11.9. The normalized spacial score (nSPS) is 19.9. The Hall–Kier alpha value is -3.27. The molecule has 2 aromatic rings. The third-order valence-corrected chi connectivity index (χ3v) is 5.23. The molecule has 0 aliphatic carbocycles. The zero-order valence-electron chi connectivity index (χ0n) is 16.0. The summed E-state index contributed by atoms with van der Waals surface area (Å²) in [5, 5.41) is 11.8. The summed E-state index contributed by atoms with van der Waals surface area (Å²) in [5.74, 6) is -0.646. The van der Waals surface area contributed by atoms with Gasteiger partial charge in [0.25, 0.3) is 11.8 Å². The average Bonchev–Trinajstić information content (AvgIpc) is 3.24. The Morgan fingerprint density at radius 1 is 1.10 bits per heavy atom. The maximum Gasteiger partial charge on any atom is 0.263 e. The number of carbonyl (C=O) groups is 3. The SMILES string of the molecule is CCOc1ccc(N2C(=O)[C@@H]3[C@@H](N=NN3CC(=O)Nc3ccc(Br)cc3)C2=O)cc1. The van der Waals surface area contributed by atoms with E-state index < -0.39 is 23.9 Å². The van der Waals surface area contributed by atoms with Crippen LogP contribution in [0.1, 0.15) is 6.92 Å². The van der Waals surface area contributed by atoms with Crippen molar-refractivity contribution in [2.75, 3.05) is 23.4 Å². The van der Waals surface area contributed by atoms with E-state index in [1.54, 1.807) is 48.5 Å². The molecule has 10 heteroatoms. The summed E-state index contributed by atoms with van der Waals surface area (Å²) in [6.45, 7) is 2.19. The second kappa shape index (κ2) is 8.23. The van der Waals surface area contributed by atoms with Crippen molar-refractivity contribution in [2.24, 2.45) is 10.3 Å². The van der Waals surface area contributed by atoms with Crippen LogP contribution in [0.5, 0.6) is 5.75 Å². The minimum Gasteiger partial charge on any atom is -0.494 e. The van der Waals surface area contributed by atoms with Crippen molar-refractivity contribution in [2.45, 2.75) is 19.0 Å². The van der Waals surface area contributed by atoms with Crippen LogP contribution in [0, 0.1) is 0 Å². The number of nitrogens with one attached hydrogen (secondary N) is 1. The minimum absolute atomic E-state index is 0.198. The van der Waals surface area contributed by atoms with Gasteiger partial charge in [0.1, 0.15) is 12.3 Å². The quantitative estimate of drug-likeness (QED) is 0.652. The number of hydrogen-bond acceptors (Lipinski definition) is 7. The van der Waals surface area contributed by atoms with Gasteiger partial charge in [0.2, 0.25) is 5.91 Å². The molecule has 2 heterocycles. The lowest BCUT2D eigenvalue weighted by atomic mass is 10.1. The molecule has 1 N–H and O–H groups in total. The van der Waals surface area contributed by atoms with Crippen LogP contribution in [-0.2, 0) is 14.4 Å². The highest BCUT2D eigenvalue weighted by molar-refractivity contribution is 9.10. The number of imide groups is 1. The van der Waals surface area contributed by atoms with E-state index in [1.165, 1.54) is 5.01 Å². The van der Waals surface area contributed by atoms with Crippen LogP contribution in [-0.4, -0.2) is 48.0 Å². The Morgan fingerprint density at radius 3 is 2.47 bits per heavy atom. The lowest BCUT2D eigenvalue weighted by molar-refractivity contribution is -0.123. The van der Waals surface area contributed by atoms with Crippen molar-refractivity contribution < 1.29 is 19.1 Å². The number of ether oxygens (including phenoxy) is 1. The van der Waals surface area contributed by atoms with Crippen molar-refractivity contribution in [3.05, 3.63) is 53.0 Å². The Labute approximate surface area is 180 Å². The van der Waals surface area contributed by atoms with Crippen LogP contribution in [0.25, 0.3) is 0 Å². The van der Waals surface area contributed by atoms with Gasteiger partial charge in [-0.15, -0.1) is 0 Å². The summed E-state index contributed by atoms with van der Waals surface area (Å²) in [7, 11) is 0. The number of carbonyl (C=O) groups excluding carboxylic acids is 3. The number of amides is 3. The lowest BCUT2D eigenvalue weighted by Gasteiger charge is -2.20. The highest BCUT2D eigenvalue weighted by Crippen LogP contribution is 2.32. The molecule has 4 rings (SSSR count). The molecule has 2 atom stereocenters. The second-order valence-electron chi connectivity index (χ2n) is 6.69. The maximum absolute atomic E-state index is 13.0. The van der Waals surface area contributed by atoms with Gasteiger partial charge in [0.15, 0.2) is 12.1 Å². The van der Waals surface area contributed by atoms with Gasteiger partial charge in [-0.3, -0.25) is 19.4 Å². The Balaban J connectivity index is 1.46. The van der Waals surface area contributed by atoms with Crippen molar-refractivity contribution in [3.63, 3.8) is 0 Å². The molecule has 0 aromatic heterocycles. The fourth-order valence-corrected chi connectivity index (χ4v) is 3.61. The third kappa shape index (κ3) is 3.78. The van der Waals surface area contributed by atoms with Gasteiger partial charge >= 0.3 is 0 Å². The molecule has 0 bridgehead atoms. The van der Waals surface area contributed by atoms with Crippen molar-refractivity contribution >= 4 is 45.0 Å². The van der Waals surface area contributed by atoms with Crippen LogP contribution in [0.4, 0.5) is 11.4 Å². The molecule has 154 valence electrons. The first-order chi connectivity index (χ1) is 14.5. The van der Waals surface area contributed by atoms with Crippen molar-refractivity contribution in [1.29, 1.82) is 0 Å². The van der Waals surface area contributed by atoms with Crippen LogP contribution in [0.15, 0.2) is 63.3 Å². The molecular formula is C20H18BrN5O4. The zero-order valence-corrected chi connectivity index (χ0v) is 17.6. The number of nitrogens with zero attached hydrogens (tertiary/aromatic N) is 4. The molecule has 2 aromatic carbocycles. The summed E-state index contributed by atoms with van der Waals surface area (Å²) in [6.07, 6.45) is 0. The summed E-state index contributed by atoms with van der Waals surface area (Å²) in [4.78, 5) is 39.2. The summed E-state index contributed by atoms with van der Waals surface area (Å²) >= 11 is 3.33. The van der Waals surface area contributed by atoms with Gasteiger partial charge in [-0.2, -0.15) is 5.11 Å². The molecule has 0 radical (unpaired) electrons. The van der Waals surface area contributed by atoms with Crippen LogP contribution >= 0.6 is 15.9 Å². The van der Waals surface area contributed by atoms with E-state index in [-0.39, 0.29) is 12.5 Å². The number of benzene rings is 2. The second-order valence-corrected chi connectivity index (χ2v) is 7.60. The molecule has 2 aliphatic heterocycles. The number of fused-ring (bicyclic) bond motifs is 1. The fraction of sp³-hybridized carbons (Fsp3) is 0.250. The van der Waals surface area contributed by atoms with Crippen LogP contribution < -0.4 is 15.0 Å². The Kier molecular flexibility index (Phi) is 5.49. The van der Waals surface area contributed by atoms with E-state index in [0.717, 1.165) is 9.37 Å². The largest absolute Gasteiger partial charge is 0.494 e. The first-order valence-electron chi connectivity index (χ1n) is 9.31. The van der Waals surface area contributed by atoms with Crippen molar-refractivity contribution in [1.82, 2.24) is 5.01 Å². The molecule has 3 amide bonds. The number of anilines is 2. The van der Waals surface area contributed by atoms with Gasteiger partial charge in [-0.1, -0.05) is 21.2 Å². The molecular weight excluding hydrogens is 454 g/mol. The highest BCUT2D eigenvalue weighted by atomic mass is 79.9. The molecule has 1 fully saturated rings. The molecule has 0 unspecified atom stereocenters. The Bertz CT molecular complexity index is 1010. The third-order valence-electron chi connectivity index (χ3n) is 4.70. The van der Waals surface area contributed by atoms with E-state index in [9.17, 15) is 14.4 Å². The van der Waals surface area contributed by atoms with Gasteiger partial charge in [0.05, 0.1) is 12.3 Å². The highest BCUT2D eigenvalue weighted by Gasteiger charge is 2.55. The van der Waals surface area contributed by atoms with Gasteiger partial charge < -0.3 is 10.1 Å². The fourth-order valence-electron chi connectivity index (χ4n) is 3.35. The van der Waals surface area contributed by atoms with Gasteiger partial charge in [0, 0.05) is 10.2 Å². The minimum atomic E-state index is -0.954. The average molecular weight is 472 g/mol.